The SMILES string of the molecule is Nc1c(N=Nc2ccc(-c3ccc(N=Nc4c(S(=O)(=O)O)cc5cc(S(=O)(=O)O)c(N=Nc6ccccc6)c(O)c5c4N)cc3)cc2)ccc2c(S(=O)(=O)O)cccc12.[Na+]. The Balaban J connectivity index is 0.00000604. The molecular formula is C38H28N8NaO10S3+. The van der Waals surface area contributed by atoms with E-state index in [1.54, 1.807) is 84.9 Å². The standard InChI is InChI=1S/C38H28N8O10S3.Na/c39-34-28-7-4-8-30(57(48,49)50)27(28)17-18-29(34)44-41-25-13-9-21(10-14-25)22-11-15-26(16-12-22)43-45-36-31(58(51,52)53)19-23-20-32(59(54,55)56)37(38(47)33(23)35(36)40)46-42-24-5-2-1-3-6-24;/h1-20,47H,39-40H2,(H,48,49,50)(H,51,52,53)(H,54,55,56);/q;+1. The van der Waals surface area contributed by atoms with Gasteiger partial charge in [-0.05, 0) is 77.2 Å². The molecule has 22 heteroatoms. The zero-order chi connectivity index (χ0) is 42.3. The molecule has 0 saturated carbocycles. The summed E-state index contributed by atoms with van der Waals surface area (Å²) in [6.45, 7) is 0. The van der Waals surface area contributed by atoms with Crippen molar-refractivity contribution in [3.8, 4) is 16.9 Å². The van der Waals surface area contributed by atoms with E-state index in [1.165, 1.54) is 24.3 Å². The van der Waals surface area contributed by atoms with Crippen molar-refractivity contribution in [2.45, 2.75) is 14.7 Å². The maximum Gasteiger partial charge on any atom is 1.00 e. The molecule has 18 nitrogen and oxygen atoms in total. The van der Waals surface area contributed by atoms with Gasteiger partial charge in [0.2, 0.25) is 0 Å². The molecule has 0 unspecified atom stereocenters. The van der Waals surface area contributed by atoms with Crippen LogP contribution < -0.4 is 41.0 Å². The van der Waals surface area contributed by atoms with Crippen LogP contribution in [0.5, 0.6) is 5.75 Å². The summed E-state index contributed by atoms with van der Waals surface area (Å²) in [5.74, 6) is -0.878. The average molecular weight is 876 g/mol. The van der Waals surface area contributed by atoms with Gasteiger partial charge in [-0.15, -0.1) is 15.3 Å². The van der Waals surface area contributed by atoms with Gasteiger partial charge >= 0.3 is 29.6 Å². The molecule has 0 radical (unpaired) electrons. The van der Waals surface area contributed by atoms with E-state index in [2.05, 4.69) is 30.7 Å². The molecule has 0 saturated heterocycles. The topological polar surface area (TPSA) is 310 Å². The van der Waals surface area contributed by atoms with Gasteiger partial charge in [0.25, 0.3) is 30.4 Å². The fraction of sp³-hybridized carbons (Fsp3) is 0. The van der Waals surface area contributed by atoms with E-state index in [0.717, 1.165) is 23.3 Å². The Morgan fingerprint density at radius 1 is 0.450 bits per heavy atom. The summed E-state index contributed by atoms with van der Waals surface area (Å²) in [4.78, 5) is -2.06. The molecule has 0 atom stereocenters. The molecule has 7 aromatic carbocycles. The second-order valence-electron chi connectivity index (χ2n) is 12.6. The molecule has 0 aromatic heterocycles. The molecule has 0 bridgehead atoms. The number of azo groups is 3. The third kappa shape index (κ3) is 9.08. The van der Waals surface area contributed by atoms with Gasteiger partial charge in [-0.3, -0.25) is 13.7 Å². The normalized spacial score (nSPS) is 12.5. The number of aromatic hydroxyl groups is 1. The summed E-state index contributed by atoms with van der Waals surface area (Å²) < 4.78 is 103. The van der Waals surface area contributed by atoms with Crippen LogP contribution in [-0.4, -0.2) is 44.0 Å². The molecule has 0 aliphatic heterocycles. The van der Waals surface area contributed by atoms with Crippen molar-refractivity contribution in [1.82, 2.24) is 0 Å². The molecule has 0 aliphatic carbocycles. The summed E-state index contributed by atoms with van der Waals surface area (Å²) in [5, 5.41) is 35.5. The number of hydrogen-bond donors (Lipinski definition) is 6. The summed E-state index contributed by atoms with van der Waals surface area (Å²) in [5.41, 5.74) is 13.7. The van der Waals surface area contributed by atoms with Crippen molar-refractivity contribution in [2.75, 3.05) is 11.5 Å². The van der Waals surface area contributed by atoms with Crippen LogP contribution in [0.4, 0.5) is 45.5 Å². The number of fused-ring (bicyclic) bond motifs is 2. The number of anilines is 2. The molecule has 0 heterocycles. The first-order valence-electron chi connectivity index (χ1n) is 16.8. The Morgan fingerprint density at radius 2 is 0.933 bits per heavy atom. The van der Waals surface area contributed by atoms with Crippen LogP contribution in [0.15, 0.2) is 167 Å². The molecular weight excluding hydrogens is 848 g/mol. The molecule has 298 valence electrons. The van der Waals surface area contributed by atoms with Crippen LogP contribution in [0, 0.1) is 0 Å². The molecule has 60 heavy (non-hydrogen) atoms. The first kappa shape index (κ1) is 43.6. The monoisotopic (exact) mass is 875 g/mol. The Kier molecular flexibility index (Phi) is 12.3. The summed E-state index contributed by atoms with van der Waals surface area (Å²) in [7, 11) is -14.6. The average Bonchev–Trinajstić information content (AvgIpc) is 3.19. The van der Waals surface area contributed by atoms with Gasteiger partial charge in [-0.1, -0.05) is 60.7 Å². The van der Waals surface area contributed by atoms with Crippen LogP contribution in [0.2, 0.25) is 0 Å². The van der Waals surface area contributed by atoms with E-state index < -0.39 is 63.0 Å². The van der Waals surface area contributed by atoms with E-state index in [1.807, 2.05) is 0 Å². The maximum atomic E-state index is 12.5. The Bertz CT molecular complexity index is 3260. The molecule has 8 N–H and O–H groups in total. The van der Waals surface area contributed by atoms with Gasteiger partial charge in [-0.2, -0.15) is 40.6 Å². The van der Waals surface area contributed by atoms with E-state index in [4.69, 9.17) is 11.5 Å². The van der Waals surface area contributed by atoms with Gasteiger partial charge in [0.1, 0.15) is 31.7 Å². The van der Waals surface area contributed by atoms with Crippen LogP contribution >= 0.6 is 0 Å². The minimum Gasteiger partial charge on any atom is -0.505 e. The number of nitrogen functional groups attached to an aromatic ring is 2. The predicted octanol–water partition coefficient (Wildman–Crippen LogP) is 6.52. The van der Waals surface area contributed by atoms with Crippen LogP contribution in [0.1, 0.15) is 0 Å². The van der Waals surface area contributed by atoms with Gasteiger partial charge in [0.05, 0.1) is 33.8 Å². The van der Waals surface area contributed by atoms with Crippen LogP contribution in [0.3, 0.4) is 0 Å². The Morgan fingerprint density at radius 3 is 1.47 bits per heavy atom. The van der Waals surface area contributed by atoms with Crippen molar-refractivity contribution in [3.05, 3.63) is 121 Å². The third-order valence-corrected chi connectivity index (χ3v) is 11.5. The second-order valence-corrected chi connectivity index (χ2v) is 16.8. The van der Waals surface area contributed by atoms with Gasteiger partial charge in [0, 0.05) is 10.8 Å². The maximum absolute atomic E-state index is 12.5. The quantitative estimate of drug-likeness (QED) is 0.0370. The summed E-state index contributed by atoms with van der Waals surface area (Å²) in [6, 6.07) is 30.4. The smallest absolute Gasteiger partial charge is 0.505 e. The summed E-state index contributed by atoms with van der Waals surface area (Å²) >= 11 is 0. The number of benzene rings is 7. The molecule has 0 amide bonds. The first-order chi connectivity index (χ1) is 27.9. The number of nitrogens with zero attached hydrogens (tertiary/aromatic N) is 6. The molecule has 0 spiro atoms. The molecule has 0 fully saturated rings. The number of hydrogen-bond acceptors (Lipinski definition) is 15. The van der Waals surface area contributed by atoms with Crippen LogP contribution in [0.25, 0.3) is 32.7 Å². The van der Waals surface area contributed by atoms with E-state index in [9.17, 15) is 44.0 Å². The van der Waals surface area contributed by atoms with Crippen molar-refractivity contribution in [1.29, 1.82) is 0 Å². The van der Waals surface area contributed by atoms with Crippen molar-refractivity contribution < 1.29 is 73.6 Å². The third-order valence-electron chi connectivity index (χ3n) is 8.82. The minimum atomic E-state index is -5.07. The second kappa shape index (κ2) is 16.9. The summed E-state index contributed by atoms with van der Waals surface area (Å²) in [6.07, 6.45) is 0. The van der Waals surface area contributed by atoms with E-state index in [-0.39, 0.29) is 73.4 Å². The van der Waals surface area contributed by atoms with Gasteiger partial charge in [-0.25, -0.2) is 0 Å². The Labute approximate surface area is 363 Å². The predicted molar refractivity (Wildman–Crippen MR) is 219 cm³/mol. The molecule has 7 rings (SSSR count). The first-order valence-corrected chi connectivity index (χ1v) is 21.1. The van der Waals surface area contributed by atoms with Crippen LogP contribution in [-0.2, 0) is 30.4 Å². The number of nitrogens with two attached hydrogens (primary N) is 2. The van der Waals surface area contributed by atoms with Crippen molar-refractivity contribution >= 4 is 97.4 Å². The number of rotatable bonds is 10. The zero-order valence-electron chi connectivity index (χ0n) is 30.8. The number of phenols is 1. The molecule has 0 aliphatic rings. The van der Waals surface area contributed by atoms with Crippen molar-refractivity contribution in [3.63, 3.8) is 0 Å². The fourth-order valence-electron chi connectivity index (χ4n) is 6.02. The number of phenolic OH excluding ortho intramolecular Hbond substituents is 1. The zero-order valence-corrected chi connectivity index (χ0v) is 35.3. The minimum absolute atomic E-state index is 0. The largest absolute Gasteiger partial charge is 1.00 e. The fourth-order valence-corrected chi connectivity index (χ4v) is 8.06. The van der Waals surface area contributed by atoms with E-state index >= 15 is 0 Å². The van der Waals surface area contributed by atoms with E-state index in [0.29, 0.717) is 11.1 Å². The van der Waals surface area contributed by atoms with Gasteiger partial charge < -0.3 is 16.6 Å². The molecule has 7 aromatic rings. The van der Waals surface area contributed by atoms with Gasteiger partial charge in [0.15, 0.2) is 5.75 Å². The van der Waals surface area contributed by atoms with Crippen molar-refractivity contribution in [2.24, 2.45) is 30.7 Å². The Hall–Kier alpha value is -6.01.